The fourth-order valence-corrected chi connectivity index (χ4v) is 2.94. The molecule has 0 spiro atoms. The number of rotatable bonds is 2. The maximum Gasteiger partial charge on any atom is 0.327 e. The number of carboxylic acids is 1. The van der Waals surface area contributed by atoms with Gasteiger partial charge < -0.3 is 15.3 Å². The van der Waals surface area contributed by atoms with E-state index in [2.05, 4.69) is 19.2 Å². The molecule has 0 aromatic carbocycles. The minimum Gasteiger partial charge on any atom is -0.480 e. The van der Waals surface area contributed by atoms with E-state index in [9.17, 15) is 9.59 Å². The maximum absolute atomic E-state index is 11.8. The summed E-state index contributed by atoms with van der Waals surface area (Å²) in [5.41, 5.74) is 0.168. The van der Waals surface area contributed by atoms with E-state index < -0.39 is 12.0 Å². The van der Waals surface area contributed by atoms with E-state index in [1.54, 1.807) is 0 Å². The van der Waals surface area contributed by atoms with Gasteiger partial charge in [0.2, 0.25) is 0 Å². The highest BCUT2D eigenvalue weighted by Gasteiger charge is 2.48. The minimum absolute atomic E-state index is 0.168. The van der Waals surface area contributed by atoms with Crippen LogP contribution in [0.15, 0.2) is 0 Å². The summed E-state index contributed by atoms with van der Waals surface area (Å²) < 4.78 is 0. The van der Waals surface area contributed by atoms with E-state index in [4.69, 9.17) is 5.11 Å². The van der Waals surface area contributed by atoms with E-state index in [1.165, 1.54) is 16.7 Å². The number of aliphatic carboxylic acids is 1. The van der Waals surface area contributed by atoms with Gasteiger partial charge in [-0.25, -0.2) is 9.59 Å². The van der Waals surface area contributed by atoms with Crippen molar-refractivity contribution in [3.63, 3.8) is 0 Å². The van der Waals surface area contributed by atoms with E-state index in [-0.39, 0.29) is 17.5 Å². The molecule has 2 aliphatic rings. The molecule has 2 atom stereocenters. The van der Waals surface area contributed by atoms with Crippen molar-refractivity contribution in [3.8, 4) is 0 Å². The molecule has 2 amide bonds. The molecule has 2 rings (SSSR count). The second-order valence-electron chi connectivity index (χ2n) is 5.02. The molecule has 5 nitrogen and oxygen atoms in total. The first kappa shape index (κ1) is 11.6. The fourth-order valence-electron chi connectivity index (χ4n) is 1.79. The Labute approximate surface area is 98.6 Å². The third-order valence-electron chi connectivity index (χ3n) is 3.24. The summed E-state index contributed by atoms with van der Waals surface area (Å²) in [4.78, 5) is 24.2. The Morgan fingerprint density at radius 2 is 2.12 bits per heavy atom. The SMILES string of the molecule is CC1(C)CC1NC(=O)N1CSCC1C(=O)O. The van der Waals surface area contributed by atoms with Gasteiger partial charge in [-0.15, -0.1) is 11.8 Å². The Kier molecular flexibility index (Phi) is 2.77. The second-order valence-corrected chi connectivity index (χ2v) is 6.02. The highest BCUT2D eigenvalue weighted by molar-refractivity contribution is 7.99. The highest BCUT2D eigenvalue weighted by atomic mass is 32.2. The molecule has 2 unspecified atom stereocenters. The van der Waals surface area contributed by atoms with Gasteiger partial charge in [-0.3, -0.25) is 0 Å². The number of carbonyl (C=O) groups is 2. The van der Waals surface area contributed by atoms with Crippen molar-refractivity contribution in [3.05, 3.63) is 0 Å². The topological polar surface area (TPSA) is 69.6 Å². The lowest BCUT2D eigenvalue weighted by molar-refractivity contribution is -0.140. The summed E-state index contributed by atoms with van der Waals surface area (Å²) in [6.07, 6.45) is 0.970. The molecule has 0 bridgehead atoms. The van der Waals surface area contributed by atoms with Crippen LogP contribution in [-0.4, -0.2) is 45.7 Å². The Morgan fingerprint density at radius 1 is 1.50 bits per heavy atom. The first-order valence-electron chi connectivity index (χ1n) is 5.29. The average Bonchev–Trinajstić information content (AvgIpc) is 2.68. The van der Waals surface area contributed by atoms with Crippen LogP contribution >= 0.6 is 11.8 Å². The Bertz CT molecular complexity index is 332. The molecule has 1 saturated carbocycles. The lowest BCUT2D eigenvalue weighted by Crippen LogP contribution is -2.48. The molecule has 1 saturated heterocycles. The predicted octanol–water partition coefficient (Wildman–Crippen LogP) is 0.954. The predicted molar refractivity (Wildman–Crippen MR) is 61.3 cm³/mol. The molecule has 6 heteroatoms. The number of carboxylic acid groups (broad SMARTS) is 1. The molecule has 1 heterocycles. The van der Waals surface area contributed by atoms with Gasteiger partial charge in [0.1, 0.15) is 6.04 Å². The number of urea groups is 1. The van der Waals surface area contributed by atoms with Crippen LogP contribution in [0.25, 0.3) is 0 Å². The van der Waals surface area contributed by atoms with Gasteiger partial charge >= 0.3 is 12.0 Å². The average molecular weight is 244 g/mol. The lowest BCUT2D eigenvalue weighted by atomic mass is 10.2. The molecule has 0 aromatic rings. The van der Waals surface area contributed by atoms with Gasteiger partial charge in [0.05, 0.1) is 5.88 Å². The van der Waals surface area contributed by atoms with Gasteiger partial charge in [-0.2, -0.15) is 0 Å². The minimum atomic E-state index is -0.921. The van der Waals surface area contributed by atoms with Crippen molar-refractivity contribution >= 4 is 23.8 Å². The van der Waals surface area contributed by atoms with E-state index in [1.807, 2.05) is 0 Å². The number of nitrogens with zero attached hydrogens (tertiary/aromatic N) is 1. The largest absolute Gasteiger partial charge is 0.480 e. The van der Waals surface area contributed by atoms with Crippen molar-refractivity contribution < 1.29 is 14.7 Å². The quantitative estimate of drug-likeness (QED) is 0.759. The first-order valence-corrected chi connectivity index (χ1v) is 6.45. The zero-order valence-electron chi connectivity index (χ0n) is 9.40. The van der Waals surface area contributed by atoms with Gasteiger partial charge in [-0.05, 0) is 11.8 Å². The van der Waals surface area contributed by atoms with Gasteiger partial charge in [0.25, 0.3) is 0 Å². The summed E-state index contributed by atoms with van der Waals surface area (Å²) >= 11 is 1.48. The third-order valence-corrected chi connectivity index (χ3v) is 4.25. The Balaban J connectivity index is 1.92. The van der Waals surface area contributed by atoms with E-state index in [0.717, 1.165) is 6.42 Å². The van der Waals surface area contributed by atoms with Crippen LogP contribution in [0.4, 0.5) is 4.79 Å². The number of hydrogen-bond acceptors (Lipinski definition) is 3. The Morgan fingerprint density at radius 3 is 2.62 bits per heavy atom. The van der Waals surface area contributed by atoms with Crippen molar-refractivity contribution in [1.29, 1.82) is 0 Å². The number of thioether (sulfide) groups is 1. The normalized spacial score (nSPS) is 31.2. The number of amides is 2. The smallest absolute Gasteiger partial charge is 0.327 e. The summed E-state index contributed by atoms with van der Waals surface area (Å²) in [6.45, 7) is 4.18. The molecule has 2 N–H and O–H groups in total. The van der Waals surface area contributed by atoms with Crippen molar-refractivity contribution in [2.45, 2.75) is 32.4 Å². The highest BCUT2D eigenvalue weighted by Crippen LogP contribution is 2.44. The summed E-state index contributed by atoms with van der Waals surface area (Å²) in [5, 5.41) is 11.8. The third kappa shape index (κ3) is 2.11. The molecular formula is C10H16N2O3S. The van der Waals surface area contributed by atoms with Crippen LogP contribution in [0.2, 0.25) is 0 Å². The molecule has 0 radical (unpaired) electrons. The molecule has 90 valence electrons. The van der Waals surface area contributed by atoms with Gasteiger partial charge in [0.15, 0.2) is 0 Å². The molecule has 0 aromatic heterocycles. The van der Waals surface area contributed by atoms with Crippen LogP contribution in [0, 0.1) is 5.41 Å². The van der Waals surface area contributed by atoms with Crippen molar-refractivity contribution in [2.24, 2.45) is 5.41 Å². The fraction of sp³-hybridized carbons (Fsp3) is 0.800. The van der Waals surface area contributed by atoms with Crippen LogP contribution < -0.4 is 5.32 Å². The molecule has 1 aliphatic heterocycles. The number of nitrogens with one attached hydrogen (secondary N) is 1. The number of carbonyl (C=O) groups excluding carboxylic acids is 1. The molecule has 16 heavy (non-hydrogen) atoms. The molecule has 1 aliphatic carbocycles. The Hall–Kier alpha value is -0.910. The van der Waals surface area contributed by atoms with Crippen LogP contribution in [-0.2, 0) is 4.79 Å². The van der Waals surface area contributed by atoms with Crippen LogP contribution in [0.3, 0.4) is 0 Å². The second kappa shape index (κ2) is 3.84. The number of hydrogen-bond donors (Lipinski definition) is 2. The monoisotopic (exact) mass is 244 g/mol. The zero-order valence-corrected chi connectivity index (χ0v) is 10.2. The van der Waals surface area contributed by atoms with Crippen molar-refractivity contribution in [2.75, 3.05) is 11.6 Å². The summed E-state index contributed by atoms with van der Waals surface area (Å²) in [7, 11) is 0. The maximum atomic E-state index is 11.8. The van der Waals surface area contributed by atoms with Crippen LogP contribution in [0.1, 0.15) is 20.3 Å². The zero-order chi connectivity index (χ0) is 11.9. The van der Waals surface area contributed by atoms with E-state index >= 15 is 0 Å². The standard InChI is InChI=1S/C10H16N2O3S/c1-10(2)3-7(10)11-9(15)12-5-16-4-6(12)8(13)14/h6-7H,3-5H2,1-2H3,(H,11,15)(H,13,14). The first-order chi connectivity index (χ1) is 7.42. The van der Waals surface area contributed by atoms with E-state index in [0.29, 0.717) is 11.6 Å². The lowest BCUT2D eigenvalue weighted by Gasteiger charge is -2.21. The molecular weight excluding hydrogens is 228 g/mol. The summed E-state index contributed by atoms with van der Waals surface area (Å²) in [6, 6.07) is -0.722. The van der Waals surface area contributed by atoms with Crippen LogP contribution in [0.5, 0.6) is 0 Å². The summed E-state index contributed by atoms with van der Waals surface area (Å²) in [5.74, 6) is 0.0300. The van der Waals surface area contributed by atoms with Crippen molar-refractivity contribution in [1.82, 2.24) is 10.2 Å². The molecule has 2 fully saturated rings. The van der Waals surface area contributed by atoms with Gasteiger partial charge in [-0.1, -0.05) is 13.8 Å². The van der Waals surface area contributed by atoms with Gasteiger partial charge in [0, 0.05) is 11.8 Å².